The maximum absolute atomic E-state index is 6.04. The van der Waals surface area contributed by atoms with Crippen molar-refractivity contribution in [2.75, 3.05) is 24.0 Å². The van der Waals surface area contributed by atoms with E-state index in [0.29, 0.717) is 35.9 Å². The van der Waals surface area contributed by atoms with Gasteiger partial charge in [-0.3, -0.25) is 5.43 Å². The smallest absolute Gasteiger partial charge is 0.239 e. The molecule has 6 nitrogen and oxygen atoms in total. The molecule has 0 saturated carbocycles. The quantitative estimate of drug-likeness (QED) is 0.520. The number of nitrogens with one attached hydrogen (secondary N) is 2. The molecule has 1 aromatic rings. The fraction of sp³-hybridized carbons (Fsp3) is 0.636. The first-order chi connectivity index (χ1) is 8.58. The third-order valence-corrected chi connectivity index (χ3v) is 2.78. The molecule has 0 bridgehead atoms. The second-order valence-electron chi connectivity index (χ2n) is 4.19. The highest BCUT2D eigenvalue weighted by Gasteiger charge is 2.16. The van der Waals surface area contributed by atoms with Gasteiger partial charge in [-0.1, -0.05) is 25.4 Å². The number of halogens is 1. The summed E-state index contributed by atoms with van der Waals surface area (Å²) in [6.07, 6.45) is 1.50. The van der Waals surface area contributed by atoms with Crippen LogP contribution >= 0.6 is 11.6 Å². The zero-order valence-corrected chi connectivity index (χ0v) is 11.7. The molecule has 1 rings (SSSR count). The Bertz CT molecular complexity index is 374. The molecule has 0 aromatic carbocycles. The molecule has 0 radical (unpaired) electrons. The van der Waals surface area contributed by atoms with Crippen LogP contribution in [0.25, 0.3) is 0 Å². The Balaban J connectivity index is 2.78. The fourth-order valence-electron chi connectivity index (χ4n) is 1.36. The molecule has 0 spiro atoms. The average molecular weight is 274 g/mol. The molecule has 1 unspecified atom stereocenters. The van der Waals surface area contributed by atoms with Crippen LogP contribution in [0.2, 0.25) is 5.02 Å². The number of aromatic nitrogens is 2. The number of nitrogens with two attached hydrogens (primary N) is 1. The Morgan fingerprint density at radius 3 is 2.78 bits per heavy atom. The summed E-state index contributed by atoms with van der Waals surface area (Å²) in [4.78, 5) is 8.10. The number of anilines is 2. The third-order valence-electron chi connectivity index (χ3n) is 2.50. The van der Waals surface area contributed by atoms with E-state index in [9.17, 15) is 0 Å². The zero-order chi connectivity index (χ0) is 13.5. The minimum atomic E-state index is 0.128. The van der Waals surface area contributed by atoms with E-state index in [-0.39, 0.29) is 6.04 Å². The van der Waals surface area contributed by atoms with Crippen molar-refractivity contribution < 1.29 is 4.74 Å². The predicted octanol–water partition coefficient (Wildman–Crippen LogP) is 1.89. The van der Waals surface area contributed by atoms with Gasteiger partial charge < -0.3 is 10.1 Å². The van der Waals surface area contributed by atoms with Gasteiger partial charge in [-0.25, -0.2) is 10.8 Å². The largest absolute Gasteiger partial charge is 0.380 e. The third kappa shape index (κ3) is 4.29. The number of nitrogens with zero attached hydrogens (tertiary/aromatic N) is 2. The molecule has 102 valence electrons. The monoisotopic (exact) mass is 273 g/mol. The lowest BCUT2D eigenvalue weighted by Gasteiger charge is -2.23. The molecule has 0 aliphatic rings. The van der Waals surface area contributed by atoms with Crippen molar-refractivity contribution in [2.45, 2.75) is 26.8 Å². The van der Waals surface area contributed by atoms with Crippen LogP contribution in [0.4, 0.5) is 11.8 Å². The molecule has 1 atom stereocenters. The van der Waals surface area contributed by atoms with Crippen LogP contribution < -0.4 is 16.6 Å². The van der Waals surface area contributed by atoms with Gasteiger partial charge >= 0.3 is 0 Å². The number of nitrogen functional groups attached to an aromatic ring is 1. The second kappa shape index (κ2) is 7.35. The van der Waals surface area contributed by atoms with Crippen molar-refractivity contribution in [2.24, 2.45) is 11.8 Å². The summed E-state index contributed by atoms with van der Waals surface area (Å²) in [6.45, 7) is 7.45. The summed E-state index contributed by atoms with van der Waals surface area (Å²) in [5, 5.41) is 3.71. The normalized spacial score (nSPS) is 12.6. The van der Waals surface area contributed by atoms with Crippen molar-refractivity contribution in [1.82, 2.24) is 9.97 Å². The summed E-state index contributed by atoms with van der Waals surface area (Å²) in [5.74, 6) is 6.53. The molecule has 4 N–H and O–H groups in total. The van der Waals surface area contributed by atoms with Gasteiger partial charge in [0.25, 0.3) is 0 Å². The maximum atomic E-state index is 6.04. The fourth-order valence-corrected chi connectivity index (χ4v) is 1.50. The number of rotatable bonds is 7. The minimum absolute atomic E-state index is 0.128. The SMILES string of the molecule is CCOCC(Nc1nc(NN)ncc1Cl)C(C)C. The number of hydrogen-bond donors (Lipinski definition) is 3. The Morgan fingerprint density at radius 1 is 1.50 bits per heavy atom. The number of ether oxygens (including phenoxy) is 1. The maximum Gasteiger partial charge on any atom is 0.239 e. The first kappa shape index (κ1) is 14.9. The van der Waals surface area contributed by atoms with Crippen LogP contribution in [-0.4, -0.2) is 29.2 Å². The predicted molar refractivity (Wildman–Crippen MR) is 73.6 cm³/mol. The zero-order valence-electron chi connectivity index (χ0n) is 10.9. The summed E-state index contributed by atoms with van der Waals surface area (Å²) < 4.78 is 5.44. The first-order valence-electron chi connectivity index (χ1n) is 5.91. The van der Waals surface area contributed by atoms with E-state index in [1.165, 1.54) is 6.20 Å². The van der Waals surface area contributed by atoms with Gasteiger partial charge in [0.1, 0.15) is 5.02 Å². The van der Waals surface area contributed by atoms with E-state index in [2.05, 4.69) is 34.6 Å². The summed E-state index contributed by atoms with van der Waals surface area (Å²) >= 11 is 6.04. The Labute approximate surface area is 112 Å². The van der Waals surface area contributed by atoms with Gasteiger partial charge in [0.2, 0.25) is 5.95 Å². The molecule has 1 aromatic heterocycles. The highest BCUT2D eigenvalue weighted by atomic mass is 35.5. The van der Waals surface area contributed by atoms with Crippen molar-refractivity contribution >= 4 is 23.4 Å². The summed E-state index contributed by atoms with van der Waals surface area (Å²) in [5.41, 5.74) is 2.39. The molecule has 7 heteroatoms. The van der Waals surface area contributed by atoms with Crippen molar-refractivity contribution in [3.05, 3.63) is 11.2 Å². The molecule has 0 aliphatic carbocycles. The second-order valence-corrected chi connectivity index (χ2v) is 4.60. The molecule has 1 heterocycles. The average Bonchev–Trinajstić information content (AvgIpc) is 2.36. The van der Waals surface area contributed by atoms with Gasteiger partial charge in [-0.05, 0) is 12.8 Å². The van der Waals surface area contributed by atoms with Crippen LogP contribution in [0.15, 0.2) is 6.20 Å². The van der Waals surface area contributed by atoms with Gasteiger partial charge in [-0.2, -0.15) is 4.98 Å². The lowest BCUT2D eigenvalue weighted by Crippen LogP contribution is -2.31. The van der Waals surface area contributed by atoms with Crippen molar-refractivity contribution in [1.29, 1.82) is 0 Å². The van der Waals surface area contributed by atoms with E-state index < -0.39 is 0 Å². The standard InChI is InChI=1S/C11H20ClN5O/c1-4-18-6-9(7(2)3)15-10-8(12)5-14-11(16-10)17-13/h5,7,9H,4,6,13H2,1-3H3,(H2,14,15,16,17). The van der Waals surface area contributed by atoms with E-state index >= 15 is 0 Å². The Morgan fingerprint density at radius 2 is 2.22 bits per heavy atom. The highest BCUT2D eigenvalue weighted by molar-refractivity contribution is 6.32. The van der Waals surface area contributed by atoms with Gasteiger partial charge in [-0.15, -0.1) is 0 Å². The van der Waals surface area contributed by atoms with Crippen LogP contribution in [0.5, 0.6) is 0 Å². The van der Waals surface area contributed by atoms with Gasteiger partial charge in [0.15, 0.2) is 5.82 Å². The van der Waals surface area contributed by atoms with Crippen LogP contribution in [0.3, 0.4) is 0 Å². The van der Waals surface area contributed by atoms with E-state index in [1.807, 2.05) is 6.92 Å². The first-order valence-corrected chi connectivity index (χ1v) is 6.29. The van der Waals surface area contributed by atoms with Crippen LogP contribution in [0.1, 0.15) is 20.8 Å². The number of hydrogen-bond acceptors (Lipinski definition) is 6. The Hall–Kier alpha value is -1.11. The van der Waals surface area contributed by atoms with E-state index in [0.717, 1.165) is 0 Å². The minimum Gasteiger partial charge on any atom is -0.380 e. The van der Waals surface area contributed by atoms with Crippen LogP contribution in [0, 0.1) is 5.92 Å². The van der Waals surface area contributed by atoms with Crippen molar-refractivity contribution in [3.63, 3.8) is 0 Å². The van der Waals surface area contributed by atoms with Crippen LogP contribution in [-0.2, 0) is 4.74 Å². The molecule has 0 saturated heterocycles. The molecule has 18 heavy (non-hydrogen) atoms. The van der Waals surface area contributed by atoms with Gasteiger partial charge in [0, 0.05) is 6.61 Å². The summed E-state index contributed by atoms with van der Waals surface area (Å²) in [7, 11) is 0. The highest BCUT2D eigenvalue weighted by Crippen LogP contribution is 2.21. The molecular weight excluding hydrogens is 254 g/mol. The number of hydrazine groups is 1. The van der Waals surface area contributed by atoms with Crippen molar-refractivity contribution in [3.8, 4) is 0 Å². The summed E-state index contributed by atoms with van der Waals surface area (Å²) in [6, 6.07) is 0.128. The molecule has 0 aliphatic heterocycles. The lowest BCUT2D eigenvalue weighted by atomic mass is 10.1. The molecule has 0 fully saturated rings. The lowest BCUT2D eigenvalue weighted by molar-refractivity contribution is 0.126. The molecule has 0 amide bonds. The molecular formula is C11H20ClN5O. The van der Waals surface area contributed by atoms with E-state index in [4.69, 9.17) is 22.2 Å². The van der Waals surface area contributed by atoms with Gasteiger partial charge in [0.05, 0.1) is 18.8 Å². The topological polar surface area (TPSA) is 85.1 Å². The van der Waals surface area contributed by atoms with E-state index in [1.54, 1.807) is 0 Å². The Kier molecular flexibility index (Phi) is 6.11.